The van der Waals surface area contributed by atoms with Crippen molar-refractivity contribution < 1.29 is 37.1 Å². The number of esters is 1. The van der Waals surface area contributed by atoms with Crippen LogP contribution in [0.2, 0.25) is 0 Å². The Bertz CT molecular complexity index is 1050. The largest absolute Gasteiger partial charge is 0.461 e. The maximum absolute atomic E-state index is 13.3. The second-order valence-electron chi connectivity index (χ2n) is 8.32. The number of amides is 4. The molecule has 3 aliphatic rings. The smallest absolute Gasteiger partial charge is 0.416 e. The summed E-state index contributed by atoms with van der Waals surface area (Å²) in [4.78, 5) is 52.5. The van der Waals surface area contributed by atoms with Crippen molar-refractivity contribution >= 4 is 35.2 Å². The average molecular weight is 480 g/mol. The highest BCUT2D eigenvalue weighted by Crippen LogP contribution is 2.38. The van der Waals surface area contributed by atoms with Crippen LogP contribution in [0.1, 0.15) is 44.6 Å². The molecule has 1 aromatic rings. The molecule has 1 saturated carbocycles. The van der Waals surface area contributed by atoms with Crippen LogP contribution < -0.4 is 10.2 Å². The topological polar surface area (TPSA) is 108 Å². The lowest BCUT2D eigenvalue weighted by molar-refractivity contribution is -0.137. The fourth-order valence-corrected chi connectivity index (χ4v) is 4.52. The third kappa shape index (κ3) is 4.24. The maximum Gasteiger partial charge on any atom is 0.416 e. The van der Waals surface area contributed by atoms with Crippen LogP contribution in [0.3, 0.4) is 0 Å². The summed E-state index contributed by atoms with van der Waals surface area (Å²) >= 11 is 0. The molecule has 4 amide bonds. The van der Waals surface area contributed by atoms with Crippen LogP contribution in [0, 0.1) is 5.92 Å². The number of carbonyl (C=O) groups is 4. The van der Waals surface area contributed by atoms with Crippen molar-refractivity contribution in [2.24, 2.45) is 11.0 Å². The van der Waals surface area contributed by atoms with Crippen LogP contribution in [-0.2, 0) is 25.3 Å². The van der Waals surface area contributed by atoms with Gasteiger partial charge in [0.1, 0.15) is 5.92 Å². The highest BCUT2D eigenvalue weighted by Gasteiger charge is 2.60. The molecule has 0 unspecified atom stereocenters. The monoisotopic (exact) mass is 480 g/mol. The van der Waals surface area contributed by atoms with E-state index in [1.165, 1.54) is 13.0 Å². The Balaban J connectivity index is 1.67. The van der Waals surface area contributed by atoms with Crippen molar-refractivity contribution in [3.05, 3.63) is 29.8 Å². The number of nitrogens with one attached hydrogen (secondary N) is 1. The Hall–Kier alpha value is -3.44. The van der Waals surface area contributed by atoms with Gasteiger partial charge in [-0.15, -0.1) is 0 Å². The van der Waals surface area contributed by atoms with Crippen molar-refractivity contribution in [3.63, 3.8) is 0 Å². The van der Waals surface area contributed by atoms with E-state index < -0.39 is 53.2 Å². The first-order chi connectivity index (χ1) is 16.1. The van der Waals surface area contributed by atoms with Gasteiger partial charge in [0, 0.05) is 6.04 Å². The number of anilines is 1. The Morgan fingerprint density at radius 2 is 1.85 bits per heavy atom. The lowest BCUT2D eigenvalue weighted by Gasteiger charge is -2.26. The Labute approximate surface area is 192 Å². The van der Waals surface area contributed by atoms with Gasteiger partial charge in [-0.05, 0) is 38.0 Å². The number of benzene rings is 1. The van der Waals surface area contributed by atoms with E-state index in [1.807, 2.05) is 0 Å². The molecule has 0 spiro atoms. The lowest BCUT2D eigenvalue weighted by Crippen LogP contribution is -2.49. The summed E-state index contributed by atoms with van der Waals surface area (Å²) in [5.41, 5.74) is -1.79. The number of rotatable bonds is 4. The second kappa shape index (κ2) is 9.07. The summed E-state index contributed by atoms with van der Waals surface area (Å²) in [6.07, 6.45) is -0.313. The predicted molar refractivity (Wildman–Crippen MR) is 113 cm³/mol. The molecule has 0 aromatic heterocycles. The van der Waals surface area contributed by atoms with Gasteiger partial charge < -0.3 is 10.1 Å². The third-order valence-electron chi connectivity index (χ3n) is 6.11. The van der Waals surface area contributed by atoms with Crippen molar-refractivity contribution in [2.45, 2.75) is 57.3 Å². The second-order valence-corrected chi connectivity index (χ2v) is 8.32. The predicted octanol–water partition coefficient (Wildman–Crippen LogP) is 2.84. The van der Waals surface area contributed by atoms with Crippen LogP contribution >= 0.6 is 0 Å². The molecule has 34 heavy (non-hydrogen) atoms. The zero-order valence-electron chi connectivity index (χ0n) is 18.3. The zero-order valence-corrected chi connectivity index (χ0v) is 18.3. The molecule has 182 valence electrons. The molecule has 9 nitrogen and oxygen atoms in total. The quantitative estimate of drug-likeness (QED) is 0.527. The molecule has 1 aromatic carbocycles. The molecule has 12 heteroatoms. The van der Waals surface area contributed by atoms with Crippen molar-refractivity contribution in [1.82, 2.24) is 10.3 Å². The number of urea groups is 1. The normalized spacial score (nSPS) is 23.1. The van der Waals surface area contributed by atoms with Gasteiger partial charge in [-0.2, -0.15) is 18.3 Å². The number of fused-ring (bicyclic) bond motifs is 1. The molecule has 2 aliphatic heterocycles. The Kier molecular flexibility index (Phi) is 6.32. The van der Waals surface area contributed by atoms with Crippen molar-refractivity contribution in [1.29, 1.82) is 0 Å². The standard InChI is InChI=1S/C22H23F3N4O5/c1-2-34-20(32)16-15-17(29(27-16)21(33)26-13-8-4-3-5-9-13)19(31)28(18(15)30)14-10-6-7-12(11-14)22(23,24)25/h6-7,10-11,13,15,17H,2-5,8-9H2,1H3,(H,26,33)/t15-,17-/m0/s1. The van der Waals surface area contributed by atoms with Crippen molar-refractivity contribution in [3.8, 4) is 0 Å². The fraction of sp³-hybridized carbons (Fsp3) is 0.500. The summed E-state index contributed by atoms with van der Waals surface area (Å²) < 4.78 is 44.5. The number of hydrazone groups is 1. The summed E-state index contributed by atoms with van der Waals surface area (Å²) in [5.74, 6) is -4.35. The van der Waals surface area contributed by atoms with Crippen LogP contribution in [0.4, 0.5) is 23.7 Å². The molecule has 0 radical (unpaired) electrons. The number of carbonyl (C=O) groups excluding carboxylic acids is 4. The highest BCUT2D eigenvalue weighted by atomic mass is 19.4. The minimum absolute atomic E-state index is 0.0387. The minimum Gasteiger partial charge on any atom is -0.461 e. The van der Waals surface area contributed by atoms with Gasteiger partial charge in [0.15, 0.2) is 11.8 Å². The van der Waals surface area contributed by atoms with E-state index in [0.29, 0.717) is 11.0 Å². The summed E-state index contributed by atoms with van der Waals surface area (Å²) in [6, 6.07) is 1.34. The molecular formula is C22H23F3N4O5. The van der Waals surface area contributed by atoms with Crippen LogP contribution in [-0.4, -0.2) is 53.2 Å². The van der Waals surface area contributed by atoms with Gasteiger partial charge in [-0.1, -0.05) is 25.3 Å². The number of halogens is 3. The van der Waals surface area contributed by atoms with Gasteiger partial charge in [0.05, 0.1) is 17.9 Å². The van der Waals surface area contributed by atoms with E-state index in [9.17, 15) is 32.3 Å². The van der Waals surface area contributed by atoms with Crippen LogP contribution in [0.5, 0.6) is 0 Å². The Morgan fingerprint density at radius 3 is 2.50 bits per heavy atom. The first-order valence-corrected chi connectivity index (χ1v) is 11.0. The Morgan fingerprint density at radius 1 is 1.15 bits per heavy atom. The molecule has 4 rings (SSSR count). The van der Waals surface area contributed by atoms with E-state index in [4.69, 9.17) is 4.74 Å². The molecule has 0 bridgehead atoms. The molecular weight excluding hydrogens is 457 g/mol. The van der Waals surface area contributed by atoms with E-state index in [0.717, 1.165) is 49.2 Å². The third-order valence-corrected chi connectivity index (χ3v) is 6.11. The molecule has 1 N–H and O–H groups in total. The fourth-order valence-electron chi connectivity index (χ4n) is 4.52. The van der Waals surface area contributed by atoms with Crippen LogP contribution in [0.15, 0.2) is 29.4 Å². The van der Waals surface area contributed by atoms with Gasteiger partial charge >= 0.3 is 18.2 Å². The van der Waals surface area contributed by atoms with E-state index in [2.05, 4.69) is 10.4 Å². The number of alkyl halides is 3. The van der Waals surface area contributed by atoms with Gasteiger partial charge in [-0.3, -0.25) is 9.59 Å². The lowest BCUT2D eigenvalue weighted by atomic mass is 9.95. The molecule has 1 saturated heterocycles. The number of imide groups is 1. The van der Waals surface area contributed by atoms with Gasteiger partial charge in [0.2, 0.25) is 5.91 Å². The number of nitrogens with zero attached hydrogens (tertiary/aromatic N) is 3. The summed E-state index contributed by atoms with van der Waals surface area (Å²) in [6.45, 7) is 1.50. The zero-order chi connectivity index (χ0) is 24.6. The average Bonchev–Trinajstić information content (AvgIpc) is 3.31. The number of hydrogen-bond acceptors (Lipinski definition) is 6. The molecule has 2 atom stereocenters. The highest BCUT2D eigenvalue weighted by molar-refractivity contribution is 6.47. The first-order valence-electron chi connectivity index (χ1n) is 11.0. The number of ether oxygens (including phenoxy) is 1. The SMILES string of the molecule is CCOC(=O)C1=NN(C(=O)NC2CCCCC2)[C@@H]2C(=O)N(c3cccc(C(F)(F)F)c3)C(=O)[C@@H]12. The van der Waals surface area contributed by atoms with Crippen LogP contribution in [0.25, 0.3) is 0 Å². The molecule has 2 fully saturated rings. The summed E-state index contributed by atoms with van der Waals surface area (Å²) in [5, 5.41) is 7.49. The van der Waals surface area contributed by atoms with Crippen molar-refractivity contribution in [2.75, 3.05) is 11.5 Å². The van der Waals surface area contributed by atoms with E-state index in [-0.39, 0.29) is 18.3 Å². The maximum atomic E-state index is 13.3. The first kappa shape index (κ1) is 23.7. The summed E-state index contributed by atoms with van der Waals surface area (Å²) in [7, 11) is 0. The van der Waals surface area contributed by atoms with Gasteiger partial charge in [0.25, 0.3) is 5.91 Å². The van der Waals surface area contributed by atoms with E-state index in [1.54, 1.807) is 0 Å². The van der Waals surface area contributed by atoms with E-state index >= 15 is 0 Å². The molecule has 1 aliphatic carbocycles. The number of hydrogen-bond donors (Lipinski definition) is 1. The molecule has 2 heterocycles. The van der Waals surface area contributed by atoms with Gasteiger partial charge in [-0.25, -0.2) is 19.5 Å². The minimum atomic E-state index is -4.69.